The van der Waals surface area contributed by atoms with Crippen LogP contribution in [0, 0.1) is 6.92 Å². The van der Waals surface area contributed by atoms with Gasteiger partial charge in [0, 0.05) is 49.9 Å². The van der Waals surface area contributed by atoms with Crippen LogP contribution in [0.1, 0.15) is 16.7 Å². The Kier molecular flexibility index (Phi) is 7.97. The first-order valence-electron chi connectivity index (χ1n) is 13.0. The van der Waals surface area contributed by atoms with Gasteiger partial charge < -0.3 is 15.3 Å². The van der Waals surface area contributed by atoms with E-state index in [0.29, 0.717) is 38.2 Å². The minimum atomic E-state index is -3.76. The van der Waals surface area contributed by atoms with Crippen LogP contribution in [-0.2, 0) is 21.4 Å². The van der Waals surface area contributed by atoms with E-state index in [2.05, 4.69) is 15.4 Å². The zero-order valence-corrected chi connectivity index (χ0v) is 23.3. The second-order valence-corrected chi connectivity index (χ2v) is 11.8. The zero-order chi connectivity index (χ0) is 29.1. The predicted octanol–water partition coefficient (Wildman–Crippen LogP) is 2.57. The number of carbonyl (C=O) groups is 1. The lowest BCUT2D eigenvalue weighted by atomic mass is 10.1. The van der Waals surface area contributed by atoms with Gasteiger partial charge in [0.15, 0.2) is 11.5 Å². The number of amides is 1. The number of aryl methyl sites for hydroxylation is 1. The lowest BCUT2D eigenvalue weighted by Gasteiger charge is -2.34. The van der Waals surface area contributed by atoms with E-state index in [-0.39, 0.29) is 22.9 Å². The Hall–Kier alpha value is -4.39. The molecule has 214 valence electrons. The number of aromatic nitrogens is 1. The monoisotopic (exact) mass is 577 g/mol. The minimum Gasteiger partial charge on any atom is -0.504 e. The second kappa shape index (κ2) is 11.6. The van der Waals surface area contributed by atoms with Gasteiger partial charge in [0.25, 0.3) is 15.9 Å². The fourth-order valence-corrected chi connectivity index (χ4v) is 6.21. The molecule has 0 spiro atoms. The minimum absolute atomic E-state index is 0.131. The number of benzene rings is 3. The van der Waals surface area contributed by atoms with Crippen LogP contribution in [-0.4, -0.2) is 82.4 Å². The smallest absolute Gasteiger partial charge is 0.268 e. The Morgan fingerprint density at radius 2 is 1.61 bits per heavy atom. The number of rotatable bonds is 8. The van der Waals surface area contributed by atoms with Gasteiger partial charge in [-0.1, -0.05) is 35.9 Å². The zero-order valence-electron chi connectivity index (χ0n) is 22.4. The molecule has 3 aromatic carbocycles. The number of phenolic OH excluding ortho intramolecular Hbond substituents is 3. The second-order valence-electron chi connectivity index (χ2n) is 10.0. The van der Waals surface area contributed by atoms with Crippen LogP contribution in [0.15, 0.2) is 76.9 Å². The third-order valence-electron chi connectivity index (χ3n) is 7.12. The first-order valence-corrected chi connectivity index (χ1v) is 14.5. The molecule has 0 aliphatic carbocycles. The van der Waals surface area contributed by atoms with Gasteiger partial charge in [0.05, 0.1) is 23.2 Å². The van der Waals surface area contributed by atoms with Gasteiger partial charge in [-0.3, -0.25) is 14.6 Å². The number of hydrazone groups is 1. The summed E-state index contributed by atoms with van der Waals surface area (Å²) in [7, 11) is -3.76. The molecule has 11 nitrogen and oxygen atoms in total. The molecule has 1 aliphatic heterocycles. The van der Waals surface area contributed by atoms with E-state index in [1.807, 2.05) is 36.1 Å². The van der Waals surface area contributed by atoms with Crippen LogP contribution in [0.3, 0.4) is 0 Å². The summed E-state index contributed by atoms with van der Waals surface area (Å²) in [4.78, 5) is 16.8. The summed E-state index contributed by atoms with van der Waals surface area (Å²) in [6.45, 7) is 5.30. The highest BCUT2D eigenvalue weighted by Crippen LogP contribution is 2.36. The van der Waals surface area contributed by atoms with E-state index in [9.17, 15) is 28.5 Å². The number of nitrogens with zero attached hydrogens (tertiary/aromatic N) is 4. The summed E-state index contributed by atoms with van der Waals surface area (Å²) in [6, 6.07) is 16.9. The van der Waals surface area contributed by atoms with Crippen LogP contribution < -0.4 is 5.43 Å². The van der Waals surface area contributed by atoms with Crippen molar-refractivity contribution in [2.45, 2.75) is 18.4 Å². The van der Waals surface area contributed by atoms with Gasteiger partial charge in [0.2, 0.25) is 5.75 Å². The van der Waals surface area contributed by atoms with Gasteiger partial charge in [-0.15, -0.1) is 0 Å². The van der Waals surface area contributed by atoms with Crippen LogP contribution in [0.4, 0.5) is 0 Å². The van der Waals surface area contributed by atoms with Crippen molar-refractivity contribution in [1.29, 1.82) is 0 Å². The molecule has 1 aliphatic rings. The molecule has 0 unspecified atom stereocenters. The van der Waals surface area contributed by atoms with Gasteiger partial charge in [-0.05, 0) is 42.8 Å². The maximum absolute atomic E-state index is 13.5. The van der Waals surface area contributed by atoms with Gasteiger partial charge in [-0.2, -0.15) is 5.10 Å². The molecule has 1 fully saturated rings. The molecular weight excluding hydrogens is 546 g/mol. The number of aromatic hydroxyl groups is 3. The molecule has 1 saturated heterocycles. The maximum atomic E-state index is 13.5. The summed E-state index contributed by atoms with van der Waals surface area (Å²) in [6.07, 6.45) is 2.89. The Balaban J connectivity index is 1.19. The van der Waals surface area contributed by atoms with Crippen LogP contribution >= 0.6 is 0 Å². The van der Waals surface area contributed by atoms with Crippen molar-refractivity contribution in [3.05, 3.63) is 83.6 Å². The average molecular weight is 578 g/mol. The first kappa shape index (κ1) is 28.1. The van der Waals surface area contributed by atoms with Crippen LogP contribution in [0.2, 0.25) is 0 Å². The standard InChI is InChI=1S/C29H31N5O6S/c1-20-6-9-23(10-7-20)41(39,40)34-18-22(24-4-2-3-5-25(24)34)17-32-12-14-33(15-13-32)19-27(36)31-30-16-21-8-11-26(35)29(38)28(21)37/h2-11,16,18,35,37-38H,12-15,17,19H2,1H3,(H,31,36). The van der Waals surface area contributed by atoms with Gasteiger partial charge in [-0.25, -0.2) is 17.8 Å². The molecule has 0 bridgehead atoms. The van der Waals surface area contributed by atoms with Crippen molar-refractivity contribution in [1.82, 2.24) is 19.2 Å². The number of fused-ring (bicyclic) bond motifs is 1. The van der Waals surface area contributed by atoms with Crippen molar-refractivity contribution >= 4 is 33.0 Å². The topological polar surface area (TPSA) is 148 Å². The fourth-order valence-electron chi connectivity index (χ4n) is 4.81. The lowest BCUT2D eigenvalue weighted by molar-refractivity contribution is -0.122. The number of nitrogens with one attached hydrogen (secondary N) is 1. The molecule has 4 aromatic rings. The summed E-state index contributed by atoms with van der Waals surface area (Å²) in [5.74, 6) is -1.98. The summed E-state index contributed by atoms with van der Waals surface area (Å²) in [5.41, 5.74) is 5.08. The van der Waals surface area contributed by atoms with Gasteiger partial charge >= 0.3 is 0 Å². The Morgan fingerprint density at radius 1 is 0.927 bits per heavy atom. The lowest BCUT2D eigenvalue weighted by Crippen LogP contribution is -2.48. The molecule has 5 rings (SSSR count). The molecule has 12 heteroatoms. The summed E-state index contributed by atoms with van der Waals surface area (Å²) >= 11 is 0. The quantitative estimate of drug-likeness (QED) is 0.142. The van der Waals surface area contributed by atoms with Crippen molar-refractivity contribution < 1.29 is 28.5 Å². The van der Waals surface area contributed by atoms with E-state index in [0.717, 1.165) is 16.5 Å². The van der Waals surface area contributed by atoms with E-state index in [1.54, 1.807) is 30.5 Å². The Bertz CT molecular complexity index is 1710. The van der Waals surface area contributed by atoms with Crippen molar-refractivity contribution in [3.63, 3.8) is 0 Å². The Morgan fingerprint density at radius 3 is 2.34 bits per heavy atom. The van der Waals surface area contributed by atoms with Crippen molar-refractivity contribution in [2.75, 3.05) is 32.7 Å². The number of carbonyl (C=O) groups excluding carboxylic acids is 1. The number of hydrogen-bond acceptors (Lipinski definition) is 9. The van der Waals surface area contributed by atoms with E-state index < -0.39 is 27.3 Å². The largest absolute Gasteiger partial charge is 0.504 e. The Labute approximate surface area is 237 Å². The highest BCUT2D eigenvalue weighted by atomic mass is 32.2. The number of piperazine rings is 1. The molecule has 0 radical (unpaired) electrons. The highest BCUT2D eigenvalue weighted by molar-refractivity contribution is 7.90. The molecule has 0 atom stereocenters. The summed E-state index contributed by atoms with van der Waals surface area (Å²) < 4.78 is 28.3. The molecule has 4 N–H and O–H groups in total. The van der Waals surface area contributed by atoms with E-state index in [1.165, 1.54) is 22.3 Å². The van der Waals surface area contributed by atoms with Crippen molar-refractivity contribution in [3.8, 4) is 17.2 Å². The SMILES string of the molecule is Cc1ccc(S(=O)(=O)n2cc(CN3CCN(CC(=O)NN=Cc4ccc(O)c(O)c4O)CC3)c3ccccc32)cc1. The van der Waals surface area contributed by atoms with Gasteiger partial charge in [0.1, 0.15) is 0 Å². The molecule has 41 heavy (non-hydrogen) atoms. The van der Waals surface area contributed by atoms with Crippen molar-refractivity contribution in [2.24, 2.45) is 5.10 Å². The predicted molar refractivity (Wildman–Crippen MR) is 155 cm³/mol. The third-order valence-corrected chi connectivity index (χ3v) is 8.81. The van der Waals surface area contributed by atoms with E-state index in [4.69, 9.17) is 0 Å². The number of hydrogen-bond donors (Lipinski definition) is 4. The van der Waals surface area contributed by atoms with Crippen LogP contribution in [0.5, 0.6) is 17.2 Å². The first-order chi connectivity index (χ1) is 19.6. The fraction of sp³-hybridized carbons (Fsp3) is 0.241. The van der Waals surface area contributed by atoms with Crippen LogP contribution in [0.25, 0.3) is 10.9 Å². The molecule has 0 saturated carbocycles. The molecule has 2 heterocycles. The number of para-hydroxylation sites is 1. The van der Waals surface area contributed by atoms with E-state index >= 15 is 0 Å². The maximum Gasteiger partial charge on any atom is 0.268 e. The summed E-state index contributed by atoms with van der Waals surface area (Å²) in [5, 5.41) is 33.5. The normalized spacial score (nSPS) is 15.0. The molecule has 1 aromatic heterocycles. The number of phenols is 3. The third kappa shape index (κ3) is 6.04. The molecular formula is C29H31N5O6S. The average Bonchev–Trinajstić information content (AvgIpc) is 3.33. The molecule has 1 amide bonds. The highest BCUT2D eigenvalue weighted by Gasteiger charge is 2.24.